The third kappa shape index (κ3) is 3.83. The first-order valence-electron chi connectivity index (χ1n) is 10.5. The van der Waals surface area contributed by atoms with Gasteiger partial charge in [0, 0.05) is 5.39 Å². The Morgan fingerprint density at radius 2 is 1.25 bits per heavy atom. The number of nitrogens with two attached hydrogens (primary N) is 2. The first-order chi connectivity index (χ1) is 15.4. The topological polar surface area (TPSA) is 105 Å². The minimum absolute atomic E-state index is 0.366. The van der Waals surface area contributed by atoms with E-state index in [2.05, 4.69) is 6.92 Å². The van der Waals surface area contributed by atoms with Gasteiger partial charge in [-0.2, -0.15) is 0 Å². The van der Waals surface area contributed by atoms with Gasteiger partial charge in [0.15, 0.2) is 0 Å². The van der Waals surface area contributed by atoms with Crippen molar-refractivity contribution >= 4 is 33.7 Å². The van der Waals surface area contributed by atoms with Gasteiger partial charge in [-0.25, -0.2) is 9.59 Å². The summed E-state index contributed by atoms with van der Waals surface area (Å²) in [6.45, 7) is 4.08. The Morgan fingerprint density at radius 3 is 1.88 bits per heavy atom. The number of hydrogen-bond donors (Lipinski definition) is 2. The molecule has 0 aromatic heterocycles. The molecule has 4 rings (SSSR count). The highest BCUT2D eigenvalue weighted by Gasteiger charge is 2.18. The Morgan fingerprint density at radius 1 is 0.656 bits per heavy atom. The lowest BCUT2D eigenvalue weighted by Gasteiger charge is -2.18. The molecule has 0 saturated heterocycles. The standard InChI is InChI=1S/C26H24N2O4/c1-3-17-18(4-2)24(32-26(28)30)14-22-19(17)10-11-20-21(22)12-16(13-23(20)31-25(27)29)15-8-6-5-7-9-15/h5-14H,3-4H2,1-2H3,(H2,27,29)(H2,28,30). The number of fused-ring (bicyclic) bond motifs is 3. The van der Waals surface area contributed by atoms with E-state index >= 15 is 0 Å². The summed E-state index contributed by atoms with van der Waals surface area (Å²) in [6.07, 6.45) is -0.293. The van der Waals surface area contributed by atoms with Gasteiger partial charge in [0.2, 0.25) is 0 Å². The summed E-state index contributed by atoms with van der Waals surface area (Å²) in [5.41, 5.74) is 14.6. The number of hydrogen-bond acceptors (Lipinski definition) is 4. The first kappa shape index (κ1) is 21.2. The molecule has 0 fully saturated rings. The van der Waals surface area contributed by atoms with Crippen LogP contribution in [0.25, 0.3) is 32.7 Å². The average molecular weight is 428 g/mol. The SMILES string of the molecule is CCc1c(OC(N)=O)cc2c(ccc3c(OC(N)=O)cc(-c4ccccc4)cc32)c1CC. The predicted octanol–water partition coefficient (Wildman–Crippen LogP) is 5.70. The molecule has 6 nitrogen and oxygen atoms in total. The first-order valence-corrected chi connectivity index (χ1v) is 10.5. The van der Waals surface area contributed by atoms with Crippen molar-refractivity contribution in [3.05, 3.63) is 71.8 Å². The molecule has 2 amide bonds. The number of carbonyl (C=O) groups excluding carboxylic acids is 2. The summed E-state index contributed by atoms with van der Waals surface area (Å²) >= 11 is 0. The molecule has 0 aliphatic heterocycles. The molecule has 4 aromatic carbocycles. The molecule has 0 radical (unpaired) electrons. The van der Waals surface area contributed by atoms with Crippen LogP contribution in [0.4, 0.5) is 9.59 Å². The Kier molecular flexibility index (Phi) is 5.69. The zero-order valence-electron chi connectivity index (χ0n) is 18.0. The van der Waals surface area contributed by atoms with Crippen molar-refractivity contribution in [3.63, 3.8) is 0 Å². The quantitative estimate of drug-likeness (QED) is 0.398. The summed E-state index contributed by atoms with van der Waals surface area (Å²) in [7, 11) is 0. The van der Waals surface area contributed by atoms with Gasteiger partial charge < -0.3 is 20.9 Å². The van der Waals surface area contributed by atoms with E-state index in [0.29, 0.717) is 17.9 Å². The number of ether oxygens (including phenoxy) is 2. The lowest BCUT2D eigenvalue weighted by molar-refractivity contribution is 0.209. The monoisotopic (exact) mass is 428 g/mol. The molecule has 0 bridgehead atoms. The van der Waals surface area contributed by atoms with Crippen LogP contribution in [0.2, 0.25) is 0 Å². The number of benzene rings is 4. The van der Waals surface area contributed by atoms with Crippen molar-refractivity contribution in [2.45, 2.75) is 26.7 Å². The van der Waals surface area contributed by atoms with Crippen LogP contribution in [-0.4, -0.2) is 12.2 Å². The minimum atomic E-state index is -0.884. The molecule has 0 heterocycles. The number of aryl methyl sites for hydroxylation is 1. The van der Waals surface area contributed by atoms with Crippen LogP contribution in [0.5, 0.6) is 11.5 Å². The maximum absolute atomic E-state index is 11.6. The normalized spacial score (nSPS) is 10.9. The van der Waals surface area contributed by atoms with Gasteiger partial charge >= 0.3 is 12.2 Å². The third-order valence-corrected chi connectivity index (χ3v) is 5.64. The largest absolute Gasteiger partial charge is 0.410 e. The Labute approximate surface area is 185 Å². The van der Waals surface area contributed by atoms with Crippen molar-refractivity contribution in [3.8, 4) is 22.6 Å². The van der Waals surface area contributed by atoms with Crippen LogP contribution < -0.4 is 20.9 Å². The molecule has 0 unspecified atom stereocenters. The van der Waals surface area contributed by atoms with E-state index in [4.69, 9.17) is 20.9 Å². The molecule has 0 saturated carbocycles. The highest BCUT2D eigenvalue weighted by molar-refractivity contribution is 6.13. The second-order valence-electron chi connectivity index (χ2n) is 7.48. The summed E-state index contributed by atoms with van der Waals surface area (Å²) in [4.78, 5) is 23.2. The number of rotatable bonds is 5. The fourth-order valence-electron chi connectivity index (χ4n) is 4.35. The van der Waals surface area contributed by atoms with Crippen LogP contribution in [0.3, 0.4) is 0 Å². The van der Waals surface area contributed by atoms with Crippen LogP contribution in [0.1, 0.15) is 25.0 Å². The van der Waals surface area contributed by atoms with Gasteiger partial charge in [-0.3, -0.25) is 0 Å². The van der Waals surface area contributed by atoms with Gasteiger partial charge in [-0.1, -0.05) is 50.2 Å². The third-order valence-electron chi connectivity index (χ3n) is 5.64. The van der Waals surface area contributed by atoms with Crippen molar-refractivity contribution in [1.29, 1.82) is 0 Å². The highest BCUT2D eigenvalue weighted by atomic mass is 16.6. The fraction of sp³-hybridized carbons (Fsp3) is 0.154. The maximum Gasteiger partial charge on any atom is 0.409 e. The van der Waals surface area contributed by atoms with Crippen LogP contribution >= 0.6 is 0 Å². The summed E-state index contributed by atoms with van der Waals surface area (Å²) in [5, 5.41) is 3.50. The van der Waals surface area contributed by atoms with Gasteiger partial charge in [-0.15, -0.1) is 0 Å². The zero-order valence-corrected chi connectivity index (χ0v) is 18.0. The molecule has 0 atom stereocenters. The van der Waals surface area contributed by atoms with Gasteiger partial charge in [0.1, 0.15) is 11.5 Å². The number of primary amides is 2. The molecule has 4 N–H and O–H groups in total. The lowest BCUT2D eigenvalue weighted by Crippen LogP contribution is -2.17. The van der Waals surface area contributed by atoms with E-state index in [9.17, 15) is 9.59 Å². The van der Waals surface area contributed by atoms with E-state index in [1.807, 2.05) is 61.5 Å². The molecule has 0 spiro atoms. The smallest absolute Gasteiger partial charge is 0.409 e. The number of carbonyl (C=O) groups is 2. The Hall–Kier alpha value is -4.06. The Bertz CT molecular complexity index is 1350. The van der Waals surface area contributed by atoms with Crippen molar-refractivity contribution in [2.75, 3.05) is 0 Å². The second kappa shape index (κ2) is 8.59. The second-order valence-corrected chi connectivity index (χ2v) is 7.48. The molecule has 0 aliphatic rings. The summed E-state index contributed by atoms with van der Waals surface area (Å²) in [5.74, 6) is 0.810. The molecule has 6 heteroatoms. The van der Waals surface area contributed by atoms with Crippen LogP contribution in [-0.2, 0) is 12.8 Å². The van der Waals surface area contributed by atoms with E-state index in [1.54, 1.807) is 6.07 Å². The Balaban J connectivity index is 2.13. The average Bonchev–Trinajstić information content (AvgIpc) is 2.77. The van der Waals surface area contributed by atoms with Crippen LogP contribution in [0, 0.1) is 0 Å². The van der Waals surface area contributed by atoms with E-state index in [-0.39, 0.29) is 0 Å². The van der Waals surface area contributed by atoms with Crippen LogP contribution in [0.15, 0.2) is 60.7 Å². The predicted molar refractivity (Wildman–Crippen MR) is 126 cm³/mol. The van der Waals surface area contributed by atoms with Crippen molar-refractivity contribution in [1.82, 2.24) is 0 Å². The summed E-state index contributed by atoms with van der Waals surface area (Å²) < 4.78 is 10.7. The minimum Gasteiger partial charge on any atom is -0.410 e. The number of amides is 2. The van der Waals surface area contributed by atoms with E-state index in [1.165, 1.54) is 0 Å². The maximum atomic E-state index is 11.6. The van der Waals surface area contributed by atoms with E-state index < -0.39 is 12.2 Å². The molecule has 0 aliphatic carbocycles. The molecular formula is C26H24N2O4. The molecular weight excluding hydrogens is 404 g/mol. The molecule has 162 valence electrons. The van der Waals surface area contributed by atoms with Crippen molar-refractivity contribution in [2.24, 2.45) is 11.5 Å². The van der Waals surface area contributed by atoms with Gasteiger partial charge in [0.25, 0.3) is 0 Å². The highest BCUT2D eigenvalue weighted by Crippen LogP contribution is 2.40. The molecule has 4 aromatic rings. The molecule has 32 heavy (non-hydrogen) atoms. The van der Waals surface area contributed by atoms with Crippen molar-refractivity contribution < 1.29 is 19.1 Å². The van der Waals surface area contributed by atoms with E-state index in [0.717, 1.165) is 50.2 Å². The fourth-order valence-corrected chi connectivity index (χ4v) is 4.35. The van der Waals surface area contributed by atoms with Gasteiger partial charge in [0.05, 0.1) is 0 Å². The summed E-state index contributed by atoms with van der Waals surface area (Å²) in [6, 6.07) is 19.4. The van der Waals surface area contributed by atoms with Gasteiger partial charge in [-0.05, 0) is 75.5 Å². The zero-order chi connectivity index (χ0) is 22.8. The lowest BCUT2D eigenvalue weighted by atomic mass is 9.90.